The summed E-state index contributed by atoms with van der Waals surface area (Å²) in [4.78, 5) is 28.7. The lowest BCUT2D eigenvalue weighted by atomic mass is 9.93. The van der Waals surface area contributed by atoms with Crippen LogP contribution in [0.5, 0.6) is 0 Å². The van der Waals surface area contributed by atoms with Crippen LogP contribution in [0.3, 0.4) is 0 Å². The van der Waals surface area contributed by atoms with E-state index in [-0.39, 0.29) is 17.4 Å². The van der Waals surface area contributed by atoms with Crippen molar-refractivity contribution in [1.29, 1.82) is 0 Å². The number of nitrogens with one attached hydrogen (secondary N) is 2. The zero-order valence-corrected chi connectivity index (χ0v) is 16.0. The van der Waals surface area contributed by atoms with Crippen molar-refractivity contribution < 1.29 is 14.0 Å². The summed E-state index contributed by atoms with van der Waals surface area (Å²) < 4.78 is 5.85. The fourth-order valence-corrected chi connectivity index (χ4v) is 3.07. The van der Waals surface area contributed by atoms with Crippen LogP contribution in [0, 0.1) is 6.92 Å². The third kappa shape index (κ3) is 4.24. The van der Waals surface area contributed by atoms with Crippen LogP contribution in [0.4, 0.5) is 0 Å². The maximum absolute atomic E-state index is 12.5. The summed E-state index contributed by atoms with van der Waals surface area (Å²) in [7, 11) is 0. The number of carbonyl (C=O) groups excluding carboxylic acids is 2. The van der Waals surface area contributed by atoms with Crippen molar-refractivity contribution >= 4 is 17.5 Å². The van der Waals surface area contributed by atoms with E-state index in [2.05, 4.69) is 20.8 Å². The Morgan fingerprint density at radius 2 is 1.96 bits per heavy atom. The number of aromatic nitrogens is 1. The lowest BCUT2D eigenvalue weighted by Crippen LogP contribution is -2.40. The third-order valence-corrected chi connectivity index (χ3v) is 4.21. The SMILES string of the molecule is Cc1c(C(=O)NC(C)(C)C)oc2c1/C(=N/NC(=O)c1ccccn1)CCC2. The second kappa shape index (κ2) is 7.34. The van der Waals surface area contributed by atoms with Gasteiger partial charge >= 0.3 is 0 Å². The Kier molecular flexibility index (Phi) is 5.12. The molecule has 142 valence electrons. The summed E-state index contributed by atoms with van der Waals surface area (Å²) in [5, 5.41) is 7.22. The highest BCUT2D eigenvalue weighted by Crippen LogP contribution is 2.30. The molecule has 0 unspecified atom stereocenters. The maximum Gasteiger partial charge on any atom is 0.289 e. The highest BCUT2D eigenvalue weighted by Gasteiger charge is 2.29. The van der Waals surface area contributed by atoms with E-state index in [0.29, 0.717) is 17.9 Å². The molecule has 0 bridgehead atoms. The minimum absolute atomic E-state index is 0.244. The zero-order valence-electron chi connectivity index (χ0n) is 16.0. The average Bonchev–Trinajstić information content (AvgIpc) is 2.96. The van der Waals surface area contributed by atoms with E-state index >= 15 is 0 Å². The maximum atomic E-state index is 12.5. The molecule has 2 N–H and O–H groups in total. The molecule has 2 amide bonds. The topological polar surface area (TPSA) is 96.6 Å². The first kappa shape index (κ1) is 18.8. The minimum atomic E-state index is -0.373. The summed E-state index contributed by atoms with van der Waals surface area (Å²) in [6.45, 7) is 7.61. The number of fused-ring (bicyclic) bond motifs is 1. The van der Waals surface area contributed by atoms with Gasteiger partial charge in [-0.25, -0.2) is 5.43 Å². The van der Waals surface area contributed by atoms with Crippen molar-refractivity contribution in [3.63, 3.8) is 0 Å². The Bertz CT molecular complexity index is 892. The molecule has 1 aliphatic rings. The average molecular weight is 368 g/mol. The molecule has 2 aromatic rings. The Morgan fingerprint density at radius 1 is 1.19 bits per heavy atom. The standard InChI is InChI=1S/C20H24N4O3/c1-12-16-13(23-24-18(25)14-8-5-6-11-21-14)9-7-10-15(16)27-17(12)19(26)22-20(2,3)4/h5-6,8,11H,7,9-10H2,1-4H3,(H,22,26)(H,24,25)/b23-13+. The van der Waals surface area contributed by atoms with Gasteiger partial charge in [0, 0.05) is 29.3 Å². The monoisotopic (exact) mass is 368 g/mol. The predicted molar refractivity (Wildman–Crippen MR) is 102 cm³/mol. The van der Waals surface area contributed by atoms with Gasteiger partial charge in [0.05, 0.1) is 5.71 Å². The second-order valence-electron chi connectivity index (χ2n) is 7.63. The highest BCUT2D eigenvalue weighted by molar-refractivity contribution is 6.07. The fourth-order valence-electron chi connectivity index (χ4n) is 3.07. The molecule has 0 spiro atoms. The van der Waals surface area contributed by atoms with Gasteiger partial charge in [-0.05, 0) is 52.7 Å². The van der Waals surface area contributed by atoms with E-state index in [4.69, 9.17) is 4.42 Å². The lowest BCUT2D eigenvalue weighted by molar-refractivity contribution is 0.0887. The molecule has 1 aliphatic carbocycles. The number of hydrazone groups is 1. The normalized spacial score (nSPS) is 15.3. The molecule has 2 heterocycles. The summed E-state index contributed by atoms with van der Waals surface area (Å²) in [5.74, 6) is 0.428. The van der Waals surface area contributed by atoms with Gasteiger partial charge in [0.1, 0.15) is 11.5 Å². The van der Waals surface area contributed by atoms with E-state index in [1.807, 2.05) is 27.7 Å². The van der Waals surface area contributed by atoms with Gasteiger partial charge in [-0.15, -0.1) is 0 Å². The number of aryl methyl sites for hydroxylation is 1. The number of furan rings is 1. The number of hydrogen-bond donors (Lipinski definition) is 2. The number of amides is 2. The summed E-state index contributed by atoms with van der Waals surface area (Å²) in [6.07, 6.45) is 3.85. The molecule has 0 radical (unpaired) electrons. The van der Waals surface area contributed by atoms with Crippen molar-refractivity contribution in [3.05, 3.63) is 52.7 Å². The van der Waals surface area contributed by atoms with Gasteiger partial charge in [0.2, 0.25) is 0 Å². The molecule has 2 aromatic heterocycles. The predicted octanol–water partition coefficient (Wildman–Crippen LogP) is 2.98. The smallest absolute Gasteiger partial charge is 0.289 e. The van der Waals surface area contributed by atoms with Gasteiger partial charge < -0.3 is 9.73 Å². The summed E-state index contributed by atoms with van der Waals surface area (Å²) in [5.41, 5.74) is 4.79. The number of carbonyl (C=O) groups is 2. The number of hydrogen-bond acceptors (Lipinski definition) is 5. The molecule has 3 rings (SSSR count). The molecular formula is C20H24N4O3. The molecule has 7 nitrogen and oxygen atoms in total. The van der Waals surface area contributed by atoms with Crippen molar-refractivity contribution in [3.8, 4) is 0 Å². The van der Waals surface area contributed by atoms with Crippen LogP contribution in [-0.4, -0.2) is 28.0 Å². The van der Waals surface area contributed by atoms with Crippen LogP contribution in [-0.2, 0) is 6.42 Å². The van der Waals surface area contributed by atoms with Crippen LogP contribution in [0.1, 0.15) is 71.5 Å². The minimum Gasteiger partial charge on any atom is -0.455 e. The number of pyridine rings is 1. The van der Waals surface area contributed by atoms with E-state index in [0.717, 1.165) is 35.4 Å². The van der Waals surface area contributed by atoms with Crippen LogP contribution in [0.25, 0.3) is 0 Å². The first-order chi connectivity index (χ1) is 12.8. The molecule has 0 aromatic carbocycles. The van der Waals surface area contributed by atoms with E-state index in [9.17, 15) is 9.59 Å². The number of rotatable bonds is 3. The van der Waals surface area contributed by atoms with Gasteiger partial charge in [0.25, 0.3) is 11.8 Å². The van der Waals surface area contributed by atoms with E-state index in [1.165, 1.54) is 0 Å². The highest BCUT2D eigenvalue weighted by atomic mass is 16.4. The van der Waals surface area contributed by atoms with Crippen LogP contribution >= 0.6 is 0 Å². The molecule has 0 fully saturated rings. The quantitative estimate of drug-likeness (QED) is 0.814. The van der Waals surface area contributed by atoms with Crippen LogP contribution in [0.15, 0.2) is 33.9 Å². The van der Waals surface area contributed by atoms with Crippen molar-refractivity contribution in [2.24, 2.45) is 5.10 Å². The van der Waals surface area contributed by atoms with Crippen molar-refractivity contribution in [1.82, 2.24) is 15.7 Å². The summed E-state index contributed by atoms with van der Waals surface area (Å²) in [6, 6.07) is 5.11. The first-order valence-electron chi connectivity index (χ1n) is 8.99. The largest absolute Gasteiger partial charge is 0.455 e. The Labute approximate surface area is 158 Å². The Morgan fingerprint density at radius 3 is 2.63 bits per heavy atom. The van der Waals surface area contributed by atoms with Crippen LogP contribution in [0.2, 0.25) is 0 Å². The van der Waals surface area contributed by atoms with E-state index in [1.54, 1.807) is 24.4 Å². The Hall–Kier alpha value is -2.96. The van der Waals surface area contributed by atoms with Crippen LogP contribution < -0.4 is 10.7 Å². The second-order valence-corrected chi connectivity index (χ2v) is 7.63. The third-order valence-electron chi connectivity index (χ3n) is 4.21. The molecule has 0 saturated heterocycles. The fraction of sp³-hybridized carbons (Fsp3) is 0.400. The van der Waals surface area contributed by atoms with Crippen molar-refractivity contribution in [2.45, 2.75) is 52.5 Å². The first-order valence-corrected chi connectivity index (χ1v) is 8.99. The van der Waals surface area contributed by atoms with Gasteiger partial charge in [-0.1, -0.05) is 6.07 Å². The molecule has 0 atom stereocenters. The van der Waals surface area contributed by atoms with Gasteiger partial charge in [0.15, 0.2) is 5.76 Å². The summed E-state index contributed by atoms with van der Waals surface area (Å²) >= 11 is 0. The molecular weight excluding hydrogens is 344 g/mol. The van der Waals surface area contributed by atoms with Gasteiger partial charge in [-0.3, -0.25) is 14.6 Å². The molecule has 0 saturated carbocycles. The van der Waals surface area contributed by atoms with Gasteiger partial charge in [-0.2, -0.15) is 5.10 Å². The molecule has 7 heteroatoms. The number of nitrogens with zero attached hydrogens (tertiary/aromatic N) is 2. The van der Waals surface area contributed by atoms with Crippen molar-refractivity contribution in [2.75, 3.05) is 0 Å². The van der Waals surface area contributed by atoms with E-state index < -0.39 is 0 Å². The molecule has 27 heavy (non-hydrogen) atoms. The lowest BCUT2D eigenvalue weighted by Gasteiger charge is -2.19. The zero-order chi connectivity index (χ0) is 19.6. The molecule has 0 aliphatic heterocycles. The Balaban J connectivity index is 1.86.